The predicted molar refractivity (Wildman–Crippen MR) is 59.9 cm³/mol. The van der Waals surface area contributed by atoms with Crippen molar-refractivity contribution in [1.82, 2.24) is 9.97 Å². The first kappa shape index (κ1) is 9.34. The first-order valence-corrected chi connectivity index (χ1v) is 5.09. The van der Waals surface area contributed by atoms with Gasteiger partial charge < -0.3 is 0 Å². The smallest absolute Gasteiger partial charge is 0.159 e. The molecule has 0 aliphatic rings. The minimum atomic E-state index is 0.761. The summed E-state index contributed by atoms with van der Waals surface area (Å²) in [6.07, 6.45) is 3.51. The molecule has 1 heterocycles. The molecule has 70 valence electrons. The number of hydrogen-bond acceptors (Lipinski definition) is 2. The van der Waals surface area contributed by atoms with Crippen LogP contribution in [0.5, 0.6) is 0 Å². The SMILES string of the molecule is Cc1cccc(-c2ncc(Br)cn2)c1. The van der Waals surface area contributed by atoms with Crippen LogP contribution in [0, 0.1) is 6.92 Å². The highest BCUT2D eigenvalue weighted by Crippen LogP contribution is 2.16. The van der Waals surface area contributed by atoms with E-state index < -0.39 is 0 Å². The Hall–Kier alpha value is -1.22. The predicted octanol–water partition coefficient (Wildman–Crippen LogP) is 3.21. The second-order valence-electron chi connectivity index (χ2n) is 3.09. The van der Waals surface area contributed by atoms with Crippen LogP contribution in [0.1, 0.15) is 5.56 Å². The van der Waals surface area contributed by atoms with Crippen LogP contribution in [0.25, 0.3) is 11.4 Å². The summed E-state index contributed by atoms with van der Waals surface area (Å²) in [5, 5.41) is 0. The quantitative estimate of drug-likeness (QED) is 0.775. The number of halogens is 1. The van der Waals surface area contributed by atoms with Gasteiger partial charge in [-0.1, -0.05) is 23.8 Å². The zero-order valence-electron chi connectivity index (χ0n) is 7.74. The zero-order valence-corrected chi connectivity index (χ0v) is 9.32. The molecule has 2 rings (SSSR count). The summed E-state index contributed by atoms with van der Waals surface area (Å²) < 4.78 is 0.897. The van der Waals surface area contributed by atoms with E-state index in [1.807, 2.05) is 12.1 Å². The third kappa shape index (κ3) is 1.99. The Balaban J connectivity index is 2.44. The van der Waals surface area contributed by atoms with Crippen molar-refractivity contribution in [2.45, 2.75) is 6.92 Å². The molecule has 0 amide bonds. The van der Waals surface area contributed by atoms with Gasteiger partial charge in [0.1, 0.15) is 0 Å². The first-order chi connectivity index (χ1) is 6.75. The second kappa shape index (κ2) is 3.88. The summed E-state index contributed by atoms with van der Waals surface area (Å²) in [5.74, 6) is 0.761. The van der Waals surface area contributed by atoms with E-state index in [1.165, 1.54) is 5.56 Å². The van der Waals surface area contributed by atoms with Gasteiger partial charge in [0.15, 0.2) is 5.82 Å². The molecule has 0 fully saturated rings. The van der Waals surface area contributed by atoms with Crippen molar-refractivity contribution in [2.24, 2.45) is 0 Å². The monoisotopic (exact) mass is 248 g/mol. The molecule has 0 spiro atoms. The second-order valence-corrected chi connectivity index (χ2v) is 4.01. The highest BCUT2D eigenvalue weighted by atomic mass is 79.9. The Morgan fingerprint density at radius 1 is 1.14 bits per heavy atom. The van der Waals surface area contributed by atoms with Crippen LogP contribution in [-0.4, -0.2) is 9.97 Å². The van der Waals surface area contributed by atoms with Crippen molar-refractivity contribution in [2.75, 3.05) is 0 Å². The van der Waals surface area contributed by atoms with Gasteiger partial charge in [0.2, 0.25) is 0 Å². The van der Waals surface area contributed by atoms with E-state index in [2.05, 4.69) is 45.0 Å². The van der Waals surface area contributed by atoms with Gasteiger partial charge in [-0.15, -0.1) is 0 Å². The summed E-state index contributed by atoms with van der Waals surface area (Å²) in [5.41, 5.74) is 2.27. The van der Waals surface area contributed by atoms with Crippen LogP contribution in [0.15, 0.2) is 41.1 Å². The van der Waals surface area contributed by atoms with Crippen LogP contribution in [0.2, 0.25) is 0 Å². The Bertz CT molecular complexity index is 437. The Kier molecular flexibility index (Phi) is 2.59. The molecule has 0 unspecified atom stereocenters. The fraction of sp³-hybridized carbons (Fsp3) is 0.0909. The standard InChI is InChI=1S/C11H9BrN2/c1-8-3-2-4-9(5-8)11-13-6-10(12)7-14-11/h2-7H,1H3. The number of nitrogens with zero attached hydrogens (tertiary/aromatic N) is 2. The van der Waals surface area contributed by atoms with Gasteiger partial charge in [0.05, 0.1) is 4.47 Å². The molecule has 0 saturated heterocycles. The molecule has 1 aromatic carbocycles. The number of hydrogen-bond donors (Lipinski definition) is 0. The zero-order chi connectivity index (χ0) is 9.97. The Labute approximate surface area is 91.2 Å². The molecule has 2 nitrogen and oxygen atoms in total. The average Bonchev–Trinajstić information content (AvgIpc) is 2.19. The highest BCUT2D eigenvalue weighted by molar-refractivity contribution is 9.10. The average molecular weight is 249 g/mol. The van der Waals surface area contributed by atoms with Crippen molar-refractivity contribution in [3.63, 3.8) is 0 Å². The third-order valence-corrected chi connectivity index (χ3v) is 2.31. The molecule has 3 heteroatoms. The summed E-state index contributed by atoms with van der Waals surface area (Å²) in [7, 11) is 0. The Morgan fingerprint density at radius 2 is 1.86 bits per heavy atom. The summed E-state index contributed by atoms with van der Waals surface area (Å²) >= 11 is 3.31. The molecular weight excluding hydrogens is 240 g/mol. The van der Waals surface area contributed by atoms with Gasteiger partial charge in [-0.2, -0.15) is 0 Å². The van der Waals surface area contributed by atoms with Crippen molar-refractivity contribution in [3.8, 4) is 11.4 Å². The molecule has 0 saturated carbocycles. The normalized spacial score (nSPS) is 10.1. The van der Waals surface area contributed by atoms with Crippen molar-refractivity contribution in [1.29, 1.82) is 0 Å². The highest BCUT2D eigenvalue weighted by Gasteiger charge is 1.99. The fourth-order valence-electron chi connectivity index (χ4n) is 1.25. The fourth-order valence-corrected chi connectivity index (χ4v) is 1.45. The van der Waals surface area contributed by atoms with Crippen LogP contribution >= 0.6 is 15.9 Å². The summed E-state index contributed by atoms with van der Waals surface area (Å²) in [4.78, 5) is 8.46. The molecule has 0 aliphatic carbocycles. The van der Waals surface area contributed by atoms with Crippen molar-refractivity contribution in [3.05, 3.63) is 46.7 Å². The summed E-state index contributed by atoms with van der Waals surface area (Å²) in [6.45, 7) is 2.06. The van der Waals surface area contributed by atoms with Gasteiger partial charge in [0.25, 0.3) is 0 Å². The lowest BCUT2D eigenvalue weighted by atomic mass is 10.1. The maximum absolute atomic E-state index is 4.23. The van der Waals surface area contributed by atoms with Gasteiger partial charge in [-0.25, -0.2) is 9.97 Å². The first-order valence-electron chi connectivity index (χ1n) is 4.30. The lowest BCUT2D eigenvalue weighted by Crippen LogP contribution is -1.87. The van der Waals surface area contributed by atoms with E-state index >= 15 is 0 Å². The number of rotatable bonds is 1. The van der Waals surface area contributed by atoms with Gasteiger partial charge in [-0.3, -0.25) is 0 Å². The molecule has 0 radical (unpaired) electrons. The van der Waals surface area contributed by atoms with Crippen molar-refractivity contribution >= 4 is 15.9 Å². The van der Waals surface area contributed by atoms with E-state index in [9.17, 15) is 0 Å². The van der Waals surface area contributed by atoms with Gasteiger partial charge in [-0.05, 0) is 28.9 Å². The molecular formula is C11H9BrN2. The minimum Gasteiger partial charge on any atom is -0.235 e. The van der Waals surface area contributed by atoms with Crippen LogP contribution < -0.4 is 0 Å². The summed E-state index contributed by atoms with van der Waals surface area (Å²) in [6, 6.07) is 8.15. The van der Waals surface area contributed by atoms with E-state index in [-0.39, 0.29) is 0 Å². The van der Waals surface area contributed by atoms with Crippen LogP contribution in [0.3, 0.4) is 0 Å². The Morgan fingerprint density at radius 3 is 2.50 bits per heavy atom. The van der Waals surface area contributed by atoms with E-state index in [0.29, 0.717) is 0 Å². The van der Waals surface area contributed by atoms with E-state index in [1.54, 1.807) is 12.4 Å². The van der Waals surface area contributed by atoms with Crippen molar-refractivity contribution < 1.29 is 0 Å². The maximum Gasteiger partial charge on any atom is 0.159 e. The molecule has 2 aromatic rings. The lowest BCUT2D eigenvalue weighted by molar-refractivity contribution is 1.16. The van der Waals surface area contributed by atoms with Gasteiger partial charge in [0, 0.05) is 18.0 Å². The largest absolute Gasteiger partial charge is 0.235 e. The third-order valence-electron chi connectivity index (χ3n) is 1.90. The molecule has 0 bridgehead atoms. The van der Waals surface area contributed by atoms with Crippen LogP contribution in [0.4, 0.5) is 0 Å². The number of benzene rings is 1. The van der Waals surface area contributed by atoms with Gasteiger partial charge >= 0.3 is 0 Å². The minimum absolute atomic E-state index is 0.761. The molecule has 14 heavy (non-hydrogen) atoms. The number of aryl methyl sites for hydroxylation is 1. The lowest BCUT2D eigenvalue weighted by Gasteiger charge is -2.00. The topological polar surface area (TPSA) is 25.8 Å². The number of aromatic nitrogens is 2. The molecule has 0 aliphatic heterocycles. The molecule has 0 N–H and O–H groups in total. The maximum atomic E-state index is 4.23. The molecule has 0 atom stereocenters. The van der Waals surface area contributed by atoms with Crippen LogP contribution in [-0.2, 0) is 0 Å². The molecule has 1 aromatic heterocycles. The van der Waals surface area contributed by atoms with E-state index in [4.69, 9.17) is 0 Å². The van der Waals surface area contributed by atoms with E-state index in [0.717, 1.165) is 15.9 Å².